The Morgan fingerprint density at radius 2 is 1.97 bits per heavy atom. The van der Waals surface area contributed by atoms with Crippen LogP contribution in [-0.4, -0.2) is 47.0 Å². The molecule has 0 spiro atoms. The number of carbonyl (C=O) groups is 2. The fourth-order valence-corrected chi connectivity index (χ4v) is 5.99. The maximum Gasteiger partial charge on any atom is 0.433 e. The fraction of sp³-hybridized carbons (Fsp3) is 0.393. The molecule has 1 amide bonds. The molecule has 202 valence electrons. The van der Waals surface area contributed by atoms with Crippen LogP contribution < -0.4 is 9.64 Å². The first-order valence-corrected chi connectivity index (χ1v) is 12.4. The highest BCUT2D eigenvalue weighted by Crippen LogP contribution is 2.59. The number of hydrogen-bond acceptors (Lipinski definition) is 7. The van der Waals surface area contributed by atoms with Crippen molar-refractivity contribution in [3.63, 3.8) is 0 Å². The summed E-state index contributed by atoms with van der Waals surface area (Å²) in [6, 6.07) is 13.5. The Labute approximate surface area is 222 Å². The molecule has 39 heavy (non-hydrogen) atoms. The van der Waals surface area contributed by atoms with Crippen molar-refractivity contribution in [3.05, 3.63) is 60.0 Å². The Morgan fingerprint density at radius 3 is 2.67 bits per heavy atom. The Kier molecular flexibility index (Phi) is 6.55. The molecule has 11 heteroatoms. The van der Waals surface area contributed by atoms with Crippen LogP contribution in [0.15, 0.2) is 48.8 Å². The van der Waals surface area contributed by atoms with Crippen molar-refractivity contribution in [2.24, 2.45) is 11.8 Å². The van der Waals surface area contributed by atoms with Crippen LogP contribution in [0.4, 0.5) is 18.9 Å². The second-order valence-corrected chi connectivity index (χ2v) is 10.1. The van der Waals surface area contributed by atoms with Gasteiger partial charge in [-0.05, 0) is 31.9 Å². The van der Waals surface area contributed by atoms with E-state index in [1.165, 1.54) is 4.90 Å². The number of halogens is 3. The van der Waals surface area contributed by atoms with Gasteiger partial charge in [0, 0.05) is 30.3 Å². The van der Waals surface area contributed by atoms with Crippen LogP contribution >= 0.6 is 0 Å². The number of ether oxygens (including phenoxy) is 2. The van der Waals surface area contributed by atoms with Crippen molar-refractivity contribution in [2.45, 2.75) is 43.6 Å². The number of benzene rings is 2. The molecule has 3 heterocycles. The second kappa shape index (κ2) is 9.61. The number of amides is 1. The lowest BCUT2D eigenvalue weighted by molar-refractivity contribution is -0.141. The highest BCUT2D eigenvalue weighted by atomic mass is 19.4. The molecule has 0 saturated carbocycles. The molecular weight excluding hydrogens is 513 g/mol. The van der Waals surface area contributed by atoms with Crippen LogP contribution in [0.3, 0.4) is 0 Å². The molecule has 0 N–H and O–H groups in total. The summed E-state index contributed by atoms with van der Waals surface area (Å²) in [4.78, 5) is 34.8. The Balaban J connectivity index is 1.43. The molecule has 0 radical (unpaired) electrons. The third kappa shape index (κ3) is 4.48. The molecule has 2 fully saturated rings. The summed E-state index contributed by atoms with van der Waals surface area (Å²) in [5.41, 5.74) is -1.97. The van der Waals surface area contributed by atoms with E-state index in [4.69, 9.17) is 9.47 Å². The summed E-state index contributed by atoms with van der Waals surface area (Å²) >= 11 is 0. The van der Waals surface area contributed by atoms with E-state index in [1.807, 2.05) is 24.3 Å². The Hall–Kier alpha value is -4.04. The van der Waals surface area contributed by atoms with Crippen LogP contribution in [0.5, 0.6) is 5.88 Å². The molecule has 2 saturated heterocycles. The molecule has 0 aliphatic carbocycles. The molecule has 2 aromatic carbocycles. The topological polar surface area (TPSA) is 105 Å². The predicted octanol–water partition coefficient (Wildman–Crippen LogP) is 4.70. The number of anilines is 1. The molecule has 4 atom stereocenters. The average Bonchev–Trinajstić information content (AvgIpc) is 3.39. The van der Waals surface area contributed by atoms with Gasteiger partial charge in [-0.3, -0.25) is 4.79 Å². The summed E-state index contributed by atoms with van der Waals surface area (Å²) in [5, 5.41) is 10.9. The summed E-state index contributed by atoms with van der Waals surface area (Å²) in [6.07, 6.45) is -1.91. The van der Waals surface area contributed by atoms with Crippen molar-refractivity contribution in [2.75, 3.05) is 18.6 Å². The number of nitrogens with zero attached hydrogens (tertiary/aromatic N) is 4. The van der Waals surface area contributed by atoms with Crippen molar-refractivity contribution in [1.82, 2.24) is 9.97 Å². The van der Waals surface area contributed by atoms with Crippen molar-refractivity contribution in [1.29, 1.82) is 5.26 Å². The SMILES string of the molecule is CN(C(=O)[C@H]1[C@@H](C=O)[C@]2(C)CC[C@@]1(CCOc1cc(C(F)(F)F)ncn1)O2)c1ccc(C#N)c2ccccc12. The minimum atomic E-state index is -4.64. The first kappa shape index (κ1) is 26.6. The average molecular weight is 539 g/mol. The lowest BCUT2D eigenvalue weighted by atomic mass is 9.66. The Bertz CT molecular complexity index is 1490. The molecule has 3 aromatic rings. The van der Waals surface area contributed by atoms with E-state index in [0.29, 0.717) is 40.9 Å². The van der Waals surface area contributed by atoms with Gasteiger partial charge in [0.25, 0.3) is 0 Å². The zero-order chi connectivity index (χ0) is 28.0. The normalized spacial score (nSPS) is 25.8. The minimum Gasteiger partial charge on any atom is -0.477 e. The zero-order valence-electron chi connectivity index (χ0n) is 21.2. The van der Waals surface area contributed by atoms with Gasteiger partial charge in [-0.2, -0.15) is 18.4 Å². The van der Waals surface area contributed by atoms with Crippen LogP contribution in [0.2, 0.25) is 0 Å². The molecule has 5 rings (SSSR count). The summed E-state index contributed by atoms with van der Waals surface area (Å²) in [7, 11) is 1.62. The third-order valence-electron chi connectivity index (χ3n) is 7.95. The standard InChI is InChI=1S/C28H25F3N4O4/c1-26-9-10-27(39-26,11-12-38-23-13-22(28(29,30)31)33-16-34-23)24(20(26)15-36)25(37)35(2)21-8-7-17(14-32)18-5-3-4-6-19(18)21/h3-8,13,15-16,20,24H,9-12H2,1-2H3/t20-,24-,26+,27+/m1/s1. The molecule has 8 nitrogen and oxygen atoms in total. The molecule has 1 aromatic heterocycles. The van der Waals surface area contributed by atoms with Gasteiger partial charge >= 0.3 is 6.18 Å². The summed E-state index contributed by atoms with van der Waals surface area (Å²) in [6.45, 7) is 1.72. The number of aromatic nitrogens is 2. The van der Waals surface area contributed by atoms with Crippen molar-refractivity contribution < 1.29 is 32.2 Å². The summed E-state index contributed by atoms with van der Waals surface area (Å²) < 4.78 is 51.0. The molecule has 2 aliphatic heterocycles. The minimum absolute atomic E-state index is 0.0801. The first-order valence-electron chi connectivity index (χ1n) is 12.4. The zero-order valence-corrected chi connectivity index (χ0v) is 21.2. The van der Waals surface area contributed by atoms with Gasteiger partial charge in [0.1, 0.15) is 12.6 Å². The van der Waals surface area contributed by atoms with Gasteiger partial charge in [0.2, 0.25) is 11.8 Å². The van der Waals surface area contributed by atoms with E-state index in [9.17, 15) is 28.0 Å². The van der Waals surface area contributed by atoms with Gasteiger partial charge in [0.15, 0.2) is 5.69 Å². The van der Waals surface area contributed by atoms with Crippen molar-refractivity contribution >= 4 is 28.7 Å². The lowest BCUT2D eigenvalue weighted by Gasteiger charge is -2.37. The highest BCUT2D eigenvalue weighted by molar-refractivity contribution is 6.06. The molecular formula is C28H25F3N4O4. The number of alkyl halides is 3. The lowest BCUT2D eigenvalue weighted by Crippen LogP contribution is -2.50. The van der Waals surface area contributed by atoms with E-state index >= 15 is 0 Å². The van der Waals surface area contributed by atoms with E-state index in [1.54, 1.807) is 26.1 Å². The maximum absolute atomic E-state index is 14.1. The maximum atomic E-state index is 14.1. The number of rotatable bonds is 7. The van der Waals surface area contributed by atoms with Gasteiger partial charge in [-0.25, -0.2) is 9.97 Å². The monoisotopic (exact) mass is 538 g/mol. The van der Waals surface area contributed by atoms with Crippen molar-refractivity contribution in [3.8, 4) is 11.9 Å². The molecule has 2 aliphatic rings. The molecule has 0 unspecified atom stereocenters. The Morgan fingerprint density at radius 1 is 1.23 bits per heavy atom. The van der Waals surface area contributed by atoms with Crippen LogP contribution in [-0.2, 0) is 20.5 Å². The summed E-state index contributed by atoms with van der Waals surface area (Å²) in [5.74, 6) is -2.13. The number of carbonyl (C=O) groups excluding carboxylic acids is 2. The van der Waals surface area contributed by atoms with Crippen LogP contribution in [0, 0.1) is 23.2 Å². The number of fused-ring (bicyclic) bond motifs is 3. The number of nitriles is 1. The van der Waals surface area contributed by atoms with E-state index in [0.717, 1.165) is 12.6 Å². The van der Waals surface area contributed by atoms with Gasteiger partial charge < -0.3 is 19.2 Å². The first-order chi connectivity index (χ1) is 18.5. The largest absolute Gasteiger partial charge is 0.477 e. The predicted molar refractivity (Wildman–Crippen MR) is 134 cm³/mol. The third-order valence-corrected chi connectivity index (χ3v) is 7.95. The second-order valence-electron chi connectivity index (χ2n) is 10.1. The van der Waals surface area contributed by atoms with Gasteiger partial charge in [0.05, 0.1) is 47.0 Å². The fourth-order valence-electron chi connectivity index (χ4n) is 5.99. The van der Waals surface area contributed by atoms with E-state index in [-0.39, 0.29) is 24.8 Å². The van der Waals surface area contributed by atoms with Gasteiger partial charge in [-0.1, -0.05) is 24.3 Å². The number of hydrogen-bond donors (Lipinski definition) is 0. The smallest absolute Gasteiger partial charge is 0.433 e. The van der Waals surface area contributed by atoms with Crippen LogP contribution in [0.25, 0.3) is 10.8 Å². The van der Waals surface area contributed by atoms with Crippen LogP contribution in [0.1, 0.15) is 37.4 Å². The quantitative estimate of drug-likeness (QED) is 0.402. The highest BCUT2D eigenvalue weighted by Gasteiger charge is 2.67. The van der Waals surface area contributed by atoms with E-state index in [2.05, 4.69) is 16.0 Å². The number of aldehydes is 1. The van der Waals surface area contributed by atoms with E-state index < -0.39 is 34.9 Å². The molecule has 2 bridgehead atoms. The van der Waals surface area contributed by atoms with Gasteiger partial charge in [-0.15, -0.1) is 0 Å².